The Morgan fingerprint density at radius 3 is 2.74 bits per heavy atom. The van der Waals surface area contributed by atoms with Crippen molar-refractivity contribution in [3.8, 4) is 10.7 Å². The summed E-state index contributed by atoms with van der Waals surface area (Å²) in [6, 6.07) is 13.9. The largest absolute Gasteiger partial charge is 0.478 e. The lowest BCUT2D eigenvalue weighted by Crippen LogP contribution is -2.19. The number of ether oxygens (including phenoxy) is 1. The molecule has 0 saturated heterocycles. The summed E-state index contributed by atoms with van der Waals surface area (Å²) in [5.41, 5.74) is 4.57. The second kappa shape index (κ2) is 8.13. The Bertz CT molecular complexity index is 1240. The summed E-state index contributed by atoms with van der Waals surface area (Å²) >= 11 is 1.56. The van der Waals surface area contributed by atoms with Crippen LogP contribution >= 0.6 is 11.3 Å². The molecule has 4 aromatic rings. The molecular formula is C23H22N4O3S. The third-order valence-electron chi connectivity index (χ3n) is 5.62. The highest BCUT2D eigenvalue weighted by atomic mass is 32.1. The summed E-state index contributed by atoms with van der Waals surface area (Å²) < 4.78 is 7.28. The number of nitrogens with zero attached hydrogens (tertiary/aromatic N) is 3. The van der Waals surface area contributed by atoms with E-state index in [-0.39, 0.29) is 5.56 Å². The van der Waals surface area contributed by atoms with Crippen molar-refractivity contribution in [2.75, 3.05) is 19.0 Å². The first kappa shape index (κ1) is 19.7. The van der Waals surface area contributed by atoms with Crippen molar-refractivity contribution >= 4 is 33.5 Å². The van der Waals surface area contributed by atoms with Crippen LogP contribution in [0.1, 0.15) is 21.5 Å². The van der Waals surface area contributed by atoms with Crippen molar-refractivity contribution in [1.82, 2.24) is 14.5 Å². The third kappa shape index (κ3) is 3.80. The molecule has 1 aliphatic rings. The maximum Gasteiger partial charge on any atom is 0.335 e. The standard InChI is InChI=1S/C23H22N4O3S/c1-30-9-8-27-19-12-16(22(28)29)6-7-18(19)26-21(27)20-13-24-23(31-20)25-17-10-14-4-2-3-5-15(14)11-17/h2-7,12-13,17H,8-11H2,1H3,(H,24,25)(H,28,29). The quantitative estimate of drug-likeness (QED) is 0.456. The summed E-state index contributed by atoms with van der Waals surface area (Å²) in [6.07, 6.45) is 3.82. The Kier molecular flexibility index (Phi) is 5.17. The summed E-state index contributed by atoms with van der Waals surface area (Å²) in [6.45, 7) is 1.07. The fourth-order valence-corrected chi connectivity index (χ4v) is 5.02. The molecule has 0 radical (unpaired) electrons. The van der Waals surface area contributed by atoms with E-state index in [9.17, 15) is 9.90 Å². The fourth-order valence-electron chi connectivity index (χ4n) is 4.13. The molecule has 31 heavy (non-hydrogen) atoms. The van der Waals surface area contributed by atoms with Gasteiger partial charge in [0.05, 0.1) is 34.3 Å². The lowest BCUT2D eigenvalue weighted by molar-refractivity contribution is 0.0697. The average Bonchev–Trinajstić information content (AvgIpc) is 3.48. The lowest BCUT2D eigenvalue weighted by Gasteiger charge is -2.10. The van der Waals surface area contributed by atoms with Gasteiger partial charge in [-0.2, -0.15) is 0 Å². The van der Waals surface area contributed by atoms with Crippen molar-refractivity contribution in [1.29, 1.82) is 0 Å². The van der Waals surface area contributed by atoms with E-state index in [1.807, 2.05) is 10.8 Å². The van der Waals surface area contributed by atoms with Gasteiger partial charge in [-0.3, -0.25) is 0 Å². The van der Waals surface area contributed by atoms with Gasteiger partial charge in [0.2, 0.25) is 0 Å². The van der Waals surface area contributed by atoms with E-state index in [0.29, 0.717) is 19.2 Å². The van der Waals surface area contributed by atoms with Crippen molar-refractivity contribution in [2.45, 2.75) is 25.4 Å². The van der Waals surface area contributed by atoms with E-state index in [4.69, 9.17) is 9.72 Å². The van der Waals surface area contributed by atoms with Gasteiger partial charge in [-0.1, -0.05) is 35.6 Å². The minimum Gasteiger partial charge on any atom is -0.478 e. The van der Waals surface area contributed by atoms with E-state index in [1.165, 1.54) is 11.1 Å². The van der Waals surface area contributed by atoms with Crippen molar-refractivity contribution in [3.63, 3.8) is 0 Å². The smallest absolute Gasteiger partial charge is 0.335 e. The molecule has 0 spiro atoms. The topological polar surface area (TPSA) is 89.3 Å². The number of fused-ring (bicyclic) bond motifs is 2. The summed E-state index contributed by atoms with van der Waals surface area (Å²) in [7, 11) is 1.65. The number of aromatic nitrogens is 3. The van der Waals surface area contributed by atoms with Gasteiger partial charge in [0.25, 0.3) is 0 Å². The van der Waals surface area contributed by atoms with E-state index in [2.05, 4.69) is 34.6 Å². The first-order valence-corrected chi connectivity index (χ1v) is 11.0. The van der Waals surface area contributed by atoms with Crippen molar-refractivity contribution in [2.24, 2.45) is 0 Å². The molecule has 5 rings (SSSR count). The average molecular weight is 435 g/mol. The number of benzene rings is 2. The molecule has 2 aromatic carbocycles. The molecule has 0 bridgehead atoms. The SMILES string of the molecule is COCCn1c(-c2cnc(NC3Cc4ccccc4C3)s2)nc2ccc(C(=O)O)cc21. The molecule has 7 nitrogen and oxygen atoms in total. The number of aromatic carboxylic acids is 1. The monoisotopic (exact) mass is 434 g/mol. The van der Waals surface area contributed by atoms with E-state index in [0.717, 1.165) is 39.7 Å². The molecular weight excluding hydrogens is 412 g/mol. The normalized spacial score (nSPS) is 13.6. The number of imidazole rings is 1. The van der Waals surface area contributed by atoms with Crippen LogP contribution in [0.15, 0.2) is 48.7 Å². The zero-order valence-electron chi connectivity index (χ0n) is 17.0. The molecule has 158 valence electrons. The van der Waals surface area contributed by atoms with Gasteiger partial charge < -0.3 is 19.7 Å². The summed E-state index contributed by atoms with van der Waals surface area (Å²) in [4.78, 5) is 21.7. The number of thiazole rings is 1. The van der Waals surface area contributed by atoms with Crippen LogP contribution in [0, 0.1) is 0 Å². The van der Waals surface area contributed by atoms with Crippen LogP contribution in [0.25, 0.3) is 21.7 Å². The van der Waals surface area contributed by atoms with Gasteiger partial charge >= 0.3 is 5.97 Å². The molecule has 0 aliphatic heterocycles. The van der Waals surface area contributed by atoms with Gasteiger partial charge in [-0.15, -0.1) is 0 Å². The number of nitrogens with one attached hydrogen (secondary N) is 1. The van der Waals surface area contributed by atoms with Crippen LogP contribution in [-0.2, 0) is 24.1 Å². The number of carboxylic acid groups (broad SMARTS) is 1. The zero-order chi connectivity index (χ0) is 21.4. The zero-order valence-corrected chi connectivity index (χ0v) is 17.9. The molecule has 2 aromatic heterocycles. The minimum atomic E-state index is -0.954. The number of hydrogen-bond donors (Lipinski definition) is 2. The minimum absolute atomic E-state index is 0.241. The Morgan fingerprint density at radius 1 is 1.26 bits per heavy atom. The Hall–Kier alpha value is -3.23. The molecule has 2 heterocycles. The van der Waals surface area contributed by atoms with E-state index >= 15 is 0 Å². The molecule has 0 unspecified atom stereocenters. The number of anilines is 1. The first-order valence-electron chi connectivity index (χ1n) is 10.1. The van der Waals surface area contributed by atoms with Gasteiger partial charge in [0.15, 0.2) is 11.0 Å². The molecule has 8 heteroatoms. The summed E-state index contributed by atoms with van der Waals surface area (Å²) in [5, 5.41) is 13.8. The third-order valence-corrected chi connectivity index (χ3v) is 6.54. The number of methoxy groups -OCH3 is 1. The van der Waals surface area contributed by atoms with E-state index < -0.39 is 5.97 Å². The van der Waals surface area contributed by atoms with Crippen LogP contribution in [0.3, 0.4) is 0 Å². The Morgan fingerprint density at radius 2 is 2.03 bits per heavy atom. The highest BCUT2D eigenvalue weighted by molar-refractivity contribution is 7.18. The summed E-state index contributed by atoms with van der Waals surface area (Å²) in [5.74, 6) is -0.181. The van der Waals surface area contributed by atoms with Gasteiger partial charge in [-0.25, -0.2) is 14.8 Å². The van der Waals surface area contributed by atoms with Crippen LogP contribution < -0.4 is 5.32 Å². The highest BCUT2D eigenvalue weighted by Gasteiger charge is 2.22. The number of rotatable bonds is 7. The predicted octanol–water partition coefficient (Wildman–Crippen LogP) is 4.08. The van der Waals surface area contributed by atoms with Crippen molar-refractivity contribution in [3.05, 3.63) is 65.4 Å². The fraction of sp³-hybridized carbons (Fsp3) is 0.261. The Labute approximate surface area is 183 Å². The first-order chi connectivity index (χ1) is 15.1. The molecule has 1 aliphatic carbocycles. The van der Waals surface area contributed by atoms with Crippen LogP contribution in [-0.4, -0.2) is 45.4 Å². The maximum atomic E-state index is 11.4. The number of carbonyl (C=O) groups is 1. The predicted molar refractivity (Wildman–Crippen MR) is 121 cm³/mol. The molecule has 2 N–H and O–H groups in total. The van der Waals surface area contributed by atoms with Crippen LogP contribution in [0.4, 0.5) is 5.13 Å². The molecule has 0 atom stereocenters. The van der Waals surface area contributed by atoms with Crippen LogP contribution in [0.5, 0.6) is 0 Å². The van der Waals surface area contributed by atoms with Crippen LogP contribution in [0.2, 0.25) is 0 Å². The highest BCUT2D eigenvalue weighted by Crippen LogP contribution is 2.33. The molecule has 0 saturated carbocycles. The second-order valence-corrected chi connectivity index (χ2v) is 8.67. The lowest BCUT2D eigenvalue weighted by atomic mass is 10.1. The second-order valence-electron chi connectivity index (χ2n) is 7.64. The van der Waals surface area contributed by atoms with Crippen molar-refractivity contribution < 1.29 is 14.6 Å². The van der Waals surface area contributed by atoms with Gasteiger partial charge in [0, 0.05) is 19.7 Å². The van der Waals surface area contributed by atoms with Gasteiger partial charge in [0.1, 0.15) is 0 Å². The molecule has 0 fully saturated rings. The van der Waals surface area contributed by atoms with Gasteiger partial charge in [-0.05, 0) is 42.2 Å². The number of hydrogen-bond acceptors (Lipinski definition) is 6. The van der Waals surface area contributed by atoms with E-state index in [1.54, 1.807) is 36.6 Å². The maximum absolute atomic E-state index is 11.4. The Balaban J connectivity index is 1.44. The number of carboxylic acids is 1. The molecule has 0 amide bonds.